The van der Waals surface area contributed by atoms with Crippen molar-refractivity contribution in [1.82, 2.24) is 9.13 Å². The Morgan fingerprint density at radius 2 is 1.91 bits per heavy atom. The molecule has 2 aromatic rings. The normalized spacial score (nSPS) is 25.2. The average molecular weight is 328 g/mol. The Morgan fingerprint density at radius 1 is 1.17 bits per heavy atom. The van der Waals surface area contributed by atoms with Gasteiger partial charge in [0.15, 0.2) is 0 Å². The Bertz CT molecular complexity index is 900. The SMILES string of the molecule is Cc1cn([C@H]2CC[C@@H]3S[C@@H]32)c(=O)n(C(=O)c2ccccc2)c1=O. The van der Waals surface area contributed by atoms with E-state index in [1.54, 1.807) is 48.0 Å². The minimum atomic E-state index is -0.559. The molecule has 2 fully saturated rings. The molecule has 3 atom stereocenters. The first-order valence-electron chi connectivity index (χ1n) is 7.68. The van der Waals surface area contributed by atoms with Crippen molar-refractivity contribution in [1.29, 1.82) is 0 Å². The van der Waals surface area contributed by atoms with Crippen LogP contribution in [-0.4, -0.2) is 25.5 Å². The van der Waals surface area contributed by atoms with Crippen molar-refractivity contribution in [3.05, 3.63) is 68.5 Å². The molecular weight excluding hydrogens is 312 g/mol. The first kappa shape index (κ1) is 14.5. The van der Waals surface area contributed by atoms with Gasteiger partial charge in [-0.3, -0.25) is 14.2 Å². The molecule has 6 heteroatoms. The summed E-state index contributed by atoms with van der Waals surface area (Å²) in [7, 11) is 0. The quantitative estimate of drug-likeness (QED) is 0.789. The summed E-state index contributed by atoms with van der Waals surface area (Å²) >= 11 is 1.88. The summed E-state index contributed by atoms with van der Waals surface area (Å²) in [5, 5.41) is 1.09. The number of aromatic nitrogens is 2. The molecule has 0 unspecified atom stereocenters. The third-order valence-electron chi connectivity index (χ3n) is 4.61. The number of fused-ring (bicyclic) bond motifs is 1. The first-order valence-corrected chi connectivity index (χ1v) is 8.62. The van der Waals surface area contributed by atoms with E-state index < -0.39 is 17.2 Å². The largest absolute Gasteiger partial charge is 0.338 e. The predicted octanol–water partition coefficient (Wildman–Crippen LogP) is 1.83. The fraction of sp³-hybridized carbons (Fsp3) is 0.353. The van der Waals surface area contributed by atoms with E-state index in [1.807, 2.05) is 11.8 Å². The van der Waals surface area contributed by atoms with Gasteiger partial charge in [0.05, 0.1) is 6.04 Å². The molecule has 1 aliphatic carbocycles. The lowest BCUT2D eigenvalue weighted by atomic mass is 10.2. The number of carbonyl (C=O) groups is 1. The zero-order valence-electron chi connectivity index (χ0n) is 12.6. The predicted molar refractivity (Wildman–Crippen MR) is 89.3 cm³/mol. The van der Waals surface area contributed by atoms with Crippen LogP contribution in [0.4, 0.5) is 0 Å². The lowest BCUT2D eigenvalue weighted by Crippen LogP contribution is -2.45. The van der Waals surface area contributed by atoms with Gasteiger partial charge in [-0.1, -0.05) is 18.2 Å². The molecular formula is C17H16N2O3S. The minimum absolute atomic E-state index is 0.0895. The summed E-state index contributed by atoms with van der Waals surface area (Å²) in [6, 6.07) is 8.54. The lowest BCUT2D eigenvalue weighted by Gasteiger charge is -2.17. The number of aryl methyl sites for hydroxylation is 1. The highest BCUT2D eigenvalue weighted by Crippen LogP contribution is 2.57. The van der Waals surface area contributed by atoms with Gasteiger partial charge in [-0.2, -0.15) is 16.3 Å². The van der Waals surface area contributed by atoms with Crippen LogP contribution in [0.5, 0.6) is 0 Å². The van der Waals surface area contributed by atoms with Crippen LogP contribution in [0.25, 0.3) is 0 Å². The monoisotopic (exact) mass is 328 g/mol. The zero-order chi connectivity index (χ0) is 16.1. The Balaban J connectivity index is 1.86. The molecule has 0 spiro atoms. The number of nitrogens with zero attached hydrogens (tertiary/aromatic N) is 2. The second-order valence-corrected chi connectivity index (χ2v) is 7.52. The molecule has 23 heavy (non-hydrogen) atoms. The van der Waals surface area contributed by atoms with Gasteiger partial charge >= 0.3 is 5.69 Å². The maximum absolute atomic E-state index is 12.8. The van der Waals surface area contributed by atoms with Crippen LogP contribution < -0.4 is 11.2 Å². The molecule has 1 aliphatic heterocycles. The maximum Gasteiger partial charge on any atom is 0.338 e. The second kappa shape index (κ2) is 5.23. The third kappa shape index (κ3) is 2.28. The van der Waals surface area contributed by atoms with Gasteiger partial charge in [0, 0.05) is 27.8 Å². The maximum atomic E-state index is 12.8. The highest BCUT2D eigenvalue weighted by atomic mass is 32.2. The highest BCUT2D eigenvalue weighted by Gasteiger charge is 2.50. The molecule has 1 aromatic carbocycles. The van der Waals surface area contributed by atoms with Crippen molar-refractivity contribution in [2.24, 2.45) is 0 Å². The minimum Gasteiger partial charge on any atom is -0.296 e. The third-order valence-corrected chi connectivity index (χ3v) is 6.14. The summed E-state index contributed by atoms with van der Waals surface area (Å²) < 4.78 is 2.38. The number of hydrogen-bond acceptors (Lipinski definition) is 4. The van der Waals surface area contributed by atoms with E-state index in [-0.39, 0.29) is 6.04 Å². The number of thioether (sulfide) groups is 1. The number of hydrogen-bond donors (Lipinski definition) is 0. The van der Waals surface area contributed by atoms with E-state index in [1.165, 1.54) is 0 Å². The van der Waals surface area contributed by atoms with Gasteiger partial charge in [-0.05, 0) is 31.9 Å². The lowest BCUT2D eigenvalue weighted by molar-refractivity contribution is 0.0947. The molecule has 0 bridgehead atoms. The molecule has 1 aromatic heterocycles. The topological polar surface area (TPSA) is 61.1 Å². The molecule has 0 N–H and O–H groups in total. The first-order chi connectivity index (χ1) is 11.1. The van der Waals surface area contributed by atoms with E-state index >= 15 is 0 Å². The fourth-order valence-corrected chi connectivity index (χ4v) is 4.70. The van der Waals surface area contributed by atoms with E-state index in [9.17, 15) is 14.4 Å². The van der Waals surface area contributed by atoms with Crippen LogP contribution in [0.2, 0.25) is 0 Å². The Kier molecular flexibility index (Phi) is 3.30. The van der Waals surface area contributed by atoms with E-state index in [0.29, 0.717) is 21.6 Å². The molecule has 1 saturated heterocycles. The van der Waals surface area contributed by atoms with Crippen molar-refractivity contribution in [2.45, 2.75) is 36.3 Å². The Morgan fingerprint density at radius 3 is 2.52 bits per heavy atom. The van der Waals surface area contributed by atoms with Gasteiger partial charge in [-0.15, -0.1) is 0 Å². The van der Waals surface area contributed by atoms with E-state index in [0.717, 1.165) is 17.4 Å². The number of rotatable bonds is 2. The van der Waals surface area contributed by atoms with E-state index in [2.05, 4.69) is 0 Å². The van der Waals surface area contributed by atoms with Crippen molar-refractivity contribution in [2.75, 3.05) is 0 Å². The molecule has 5 nitrogen and oxygen atoms in total. The number of carbonyl (C=O) groups excluding carboxylic acids is 1. The van der Waals surface area contributed by atoms with E-state index in [4.69, 9.17) is 0 Å². The van der Waals surface area contributed by atoms with Crippen LogP contribution in [-0.2, 0) is 0 Å². The standard InChI is InChI=1S/C17H16N2O3S/c1-10-9-18(12-7-8-13-14(12)23-13)17(22)19(15(10)20)16(21)11-5-3-2-4-6-11/h2-6,9,12-14H,7-8H2,1H3/t12-,13-,14+/m0/s1. The molecule has 0 amide bonds. The zero-order valence-corrected chi connectivity index (χ0v) is 13.5. The summed E-state index contributed by atoms with van der Waals surface area (Å²) in [4.78, 5) is 37.8. The number of benzene rings is 1. The van der Waals surface area contributed by atoms with Gasteiger partial charge < -0.3 is 0 Å². The fourth-order valence-electron chi connectivity index (χ4n) is 3.35. The summed E-state index contributed by atoms with van der Waals surface area (Å²) in [5.41, 5.74) is -0.289. The van der Waals surface area contributed by atoms with Crippen LogP contribution in [0, 0.1) is 6.92 Å². The van der Waals surface area contributed by atoms with Gasteiger partial charge in [0.1, 0.15) is 0 Å². The molecule has 0 radical (unpaired) electrons. The van der Waals surface area contributed by atoms with Crippen LogP contribution in [0.1, 0.15) is 34.8 Å². The van der Waals surface area contributed by atoms with Gasteiger partial charge in [-0.25, -0.2) is 4.79 Å². The average Bonchev–Trinajstić information content (AvgIpc) is 3.23. The molecule has 2 heterocycles. The molecule has 2 aliphatic rings. The van der Waals surface area contributed by atoms with Crippen LogP contribution in [0.3, 0.4) is 0 Å². The van der Waals surface area contributed by atoms with Crippen molar-refractivity contribution in [3.8, 4) is 0 Å². The second-order valence-electron chi connectivity index (χ2n) is 6.10. The van der Waals surface area contributed by atoms with Crippen LogP contribution >= 0.6 is 11.8 Å². The summed E-state index contributed by atoms with van der Waals surface area (Å²) in [6.45, 7) is 1.65. The molecule has 1 saturated carbocycles. The highest BCUT2D eigenvalue weighted by molar-refractivity contribution is 8.07. The van der Waals surface area contributed by atoms with Crippen molar-refractivity contribution >= 4 is 17.7 Å². The Labute approximate surface area is 136 Å². The van der Waals surface area contributed by atoms with Crippen molar-refractivity contribution < 1.29 is 4.79 Å². The van der Waals surface area contributed by atoms with Gasteiger partial charge in [0.2, 0.25) is 0 Å². The van der Waals surface area contributed by atoms with Crippen molar-refractivity contribution in [3.63, 3.8) is 0 Å². The summed E-state index contributed by atoms with van der Waals surface area (Å²) in [5.74, 6) is -0.559. The van der Waals surface area contributed by atoms with Gasteiger partial charge in [0.25, 0.3) is 11.5 Å². The smallest absolute Gasteiger partial charge is 0.296 e. The summed E-state index contributed by atoms with van der Waals surface area (Å²) in [6.07, 6.45) is 3.64. The molecule has 118 valence electrons. The van der Waals surface area contributed by atoms with Crippen LogP contribution in [0.15, 0.2) is 46.1 Å². The Hall–Kier alpha value is -2.08. The molecule has 4 rings (SSSR count).